The van der Waals surface area contributed by atoms with Crippen LogP contribution in [0.25, 0.3) is 11.4 Å². The number of pyridine rings is 1. The van der Waals surface area contributed by atoms with Gasteiger partial charge in [-0.2, -0.15) is 0 Å². The van der Waals surface area contributed by atoms with E-state index in [-0.39, 0.29) is 5.91 Å². The van der Waals surface area contributed by atoms with Crippen LogP contribution < -0.4 is 5.32 Å². The first-order valence-electron chi connectivity index (χ1n) is 6.94. The lowest BCUT2D eigenvalue weighted by molar-refractivity contribution is -0.115. The smallest absolute Gasteiger partial charge is 0.231 e. The second-order valence-electron chi connectivity index (χ2n) is 5.00. The molecule has 0 unspecified atom stereocenters. The van der Waals surface area contributed by atoms with Crippen molar-refractivity contribution >= 4 is 11.8 Å². The molecule has 0 aliphatic heterocycles. The number of rotatable bonds is 4. The maximum Gasteiger partial charge on any atom is 0.231 e. The van der Waals surface area contributed by atoms with Crippen LogP contribution in [-0.2, 0) is 11.2 Å². The molecule has 0 bridgehead atoms. The molecule has 0 saturated carbocycles. The second kappa shape index (κ2) is 6.22. The van der Waals surface area contributed by atoms with E-state index in [1.807, 2.05) is 49.4 Å². The van der Waals surface area contributed by atoms with E-state index in [2.05, 4.69) is 15.5 Å². The van der Waals surface area contributed by atoms with Crippen LogP contribution in [0.1, 0.15) is 11.1 Å². The largest absolute Gasteiger partial charge is 0.338 e. The molecule has 0 atom stereocenters. The highest BCUT2D eigenvalue weighted by Crippen LogP contribution is 2.19. The molecule has 1 aromatic carbocycles. The third-order valence-corrected chi connectivity index (χ3v) is 3.19. The number of aromatic nitrogens is 2. The number of hydrogen-bond acceptors (Lipinski definition) is 4. The molecule has 0 fully saturated rings. The molecule has 5 nitrogen and oxygen atoms in total. The number of carbonyl (C=O) groups is 1. The Kier molecular flexibility index (Phi) is 3.96. The Morgan fingerprint density at radius 2 is 1.95 bits per heavy atom. The number of anilines is 1. The standard InChI is InChI=1S/C17H15N3O2/c1-12-5-7-13(8-6-12)10-16(21)19-17-11-15(20-22-17)14-4-2-3-9-18-14/h2-9,11H,10H2,1H3,(H,19,21). The molecular weight excluding hydrogens is 278 g/mol. The van der Waals surface area contributed by atoms with Gasteiger partial charge in [0.1, 0.15) is 5.69 Å². The fourth-order valence-corrected chi connectivity index (χ4v) is 2.04. The van der Waals surface area contributed by atoms with E-state index in [1.54, 1.807) is 12.3 Å². The molecule has 0 spiro atoms. The van der Waals surface area contributed by atoms with Crippen molar-refractivity contribution in [3.63, 3.8) is 0 Å². The zero-order chi connectivity index (χ0) is 15.4. The molecule has 22 heavy (non-hydrogen) atoms. The van der Waals surface area contributed by atoms with E-state index in [4.69, 9.17) is 4.52 Å². The fraction of sp³-hybridized carbons (Fsp3) is 0.118. The molecule has 2 aromatic heterocycles. The number of benzene rings is 1. The number of aryl methyl sites for hydroxylation is 1. The molecule has 110 valence electrons. The van der Waals surface area contributed by atoms with Crippen LogP contribution in [0.2, 0.25) is 0 Å². The van der Waals surface area contributed by atoms with Crippen molar-refractivity contribution in [1.29, 1.82) is 0 Å². The third kappa shape index (κ3) is 3.38. The summed E-state index contributed by atoms with van der Waals surface area (Å²) in [4.78, 5) is 16.2. The lowest BCUT2D eigenvalue weighted by Crippen LogP contribution is -2.13. The SMILES string of the molecule is Cc1ccc(CC(=O)Nc2cc(-c3ccccn3)no2)cc1. The van der Waals surface area contributed by atoms with Crippen LogP contribution in [0, 0.1) is 6.92 Å². The molecule has 2 heterocycles. The summed E-state index contributed by atoms with van der Waals surface area (Å²) in [5.41, 5.74) is 3.41. The Hall–Kier alpha value is -2.95. The molecule has 1 amide bonds. The van der Waals surface area contributed by atoms with E-state index >= 15 is 0 Å². The van der Waals surface area contributed by atoms with E-state index in [0.29, 0.717) is 23.7 Å². The quantitative estimate of drug-likeness (QED) is 0.802. The van der Waals surface area contributed by atoms with Gasteiger partial charge in [-0.15, -0.1) is 0 Å². The van der Waals surface area contributed by atoms with Gasteiger partial charge in [0.15, 0.2) is 0 Å². The first-order chi connectivity index (χ1) is 10.7. The highest BCUT2D eigenvalue weighted by molar-refractivity contribution is 5.91. The van der Waals surface area contributed by atoms with Gasteiger partial charge < -0.3 is 4.52 Å². The molecule has 0 radical (unpaired) electrons. The summed E-state index contributed by atoms with van der Waals surface area (Å²) in [7, 11) is 0. The van der Waals surface area contributed by atoms with Crippen LogP contribution in [0.3, 0.4) is 0 Å². The van der Waals surface area contributed by atoms with Crippen LogP contribution in [0.5, 0.6) is 0 Å². The summed E-state index contributed by atoms with van der Waals surface area (Å²) in [6, 6.07) is 15.0. The Balaban J connectivity index is 1.65. The molecule has 0 saturated heterocycles. The van der Waals surface area contributed by atoms with Crippen LogP contribution >= 0.6 is 0 Å². The molecule has 3 aromatic rings. The summed E-state index contributed by atoms with van der Waals surface area (Å²) in [6.45, 7) is 2.01. The van der Waals surface area contributed by atoms with Crippen molar-refractivity contribution < 1.29 is 9.32 Å². The van der Waals surface area contributed by atoms with Gasteiger partial charge in [-0.25, -0.2) is 0 Å². The molecule has 3 rings (SSSR count). The fourth-order valence-electron chi connectivity index (χ4n) is 2.04. The second-order valence-corrected chi connectivity index (χ2v) is 5.00. The van der Waals surface area contributed by atoms with Gasteiger partial charge in [-0.05, 0) is 24.6 Å². The summed E-state index contributed by atoms with van der Waals surface area (Å²) in [6.07, 6.45) is 1.97. The Labute approximate surface area is 128 Å². The van der Waals surface area contributed by atoms with E-state index in [0.717, 1.165) is 5.56 Å². The minimum atomic E-state index is -0.146. The lowest BCUT2D eigenvalue weighted by atomic mass is 10.1. The van der Waals surface area contributed by atoms with Gasteiger partial charge in [-0.1, -0.05) is 41.1 Å². The summed E-state index contributed by atoms with van der Waals surface area (Å²) in [5.74, 6) is 0.172. The van der Waals surface area contributed by atoms with Gasteiger partial charge >= 0.3 is 0 Å². The topological polar surface area (TPSA) is 68.0 Å². The number of carbonyl (C=O) groups excluding carboxylic acids is 1. The van der Waals surface area contributed by atoms with Crippen LogP contribution in [0.15, 0.2) is 59.3 Å². The predicted octanol–water partition coefficient (Wildman–Crippen LogP) is 3.23. The first-order valence-corrected chi connectivity index (χ1v) is 6.94. The van der Waals surface area contributed by atoms with Crippen molar-refractivity contribution in [2.24, 2.45) is 0 Å². The maximum absolute atomic E-state index is 12.0. The third-order valence-electron chi connectivity index (χ3n) is 3.19. The van der Waals surface area contributed by atoms with Crippen molar-refractivity contribution in [1.82, 2.24) is 10.1 Å². The minimum Gasteiger partial charge on any atom is -0.338 e. The highest BCUT2D eigenvalue weighted by Gasteiger charge is 2.10. The average molecular weight is 293 g/mol. The molecule has 0 aliphatic carbocycles. The van der Waals surface area contributed by atoms with Crippen LogP contribution in [-0.4, -0.2) is 16.0 Å². The molecular formula is C17H15N3O2. The van der Waals surface area contributed by atoms with Crippen molar-refractivity contribution in [2.45, 2.75) is 13.3 Å². The summed E-state index contributed by atoms with van der Waals surface area (Å²) < 4.78 is 5.12. The van der Waals surface area contributed by atoms with Gasteiger partial charge in [0, 0.05) is 12.3 Å². The molecule has 5 heteroatoms. The van der Waals surface area contributed by atoms with Crippen molar-refractivity contribution in [3.8, 4) is 11.4 Å². The summed E-state index contributed by atoms with van der Waals surface area (Å²) in [5, 5.41) is 6.61. The van der Waals surface area contributed by atoms with Gasteiger partial charge in [0.2, 0.25) is 11.8 Å². The Bertz CT molecular complexity index is 764. The van der Waals surface area contributed by atoms with Crippen LogP contribution in [0.4, 0.5) is 5.88 Å². The molecule has 1 N–H and O–H groups in total. The average Bonchev–Trinajstić information content (AvgIpc) is 2.99. The van der Waals surface area contributed by atoms with E-state index in [1.165, 1.54) is 5.56 Å². The van der Waals surface area contributed by atoms with E-state index in [9.17, 15) is 4.79 Å². The zero-order valence-corrected chi connectivity index (χ0v) is 12.1. The Morgan fingerprint density at radius 3 is 2.68 bits per heavy atom. The normalized spacial score (nSPS) is 10.4. The number of hydrogen-bond donors (Lipinski definition) is 1. The maximum atomic E-state index is 12.0. The Morgan fingerprint density at radius 1 is 1.14 bits per heavy atom. The summed E-state index contributed by atoms with van der Waals surface area (Å²) >= 11 is 0. The van der Waals surface area contributed by atoms with E-state index < -0.39 is 0 Å². The highest BCUT2D eigenvalue weighted by atomic mass is 16.5. The number of nitrogens with zero attached hydrogens (tertiary/aromatic N) is 2. The first kappa shape index (κ1) is 14.0. The van der Waals surface area contributed by atoms with Crippen molar-refractivity contribution in [3.05, 3.63) is 65.9 Å². The zero-order valence-electron chi connectivity index (χ0n) is 12.1. The lowest BCUT2D eigenvalue weighted by Gasteiger charge is -2.02. The number of amides is 1. The monoisotopic (exact) mass is 293 g/mol. The minimum absolute atomic E-state index is 0.146. The number of nitrogens with one attached hydrogen (secondary N) is 1. The van der Waals surface area contributed by atoms with Gasteiger partial charge in [-0.3, -0.25) is 15.1 Å². The predicted molar refractivity (Wildman–Crippen MR) is 83.2 cm³/mol. The van der Waals surface area contributed by atoms with Gasteiger partial charge in [0.05, 0.1) is 12.1 Å². The molecule has 0 aliphatic rings. The van der Waals surface area contributed by atoms with Crippen molar-refractivity contribution in [2.75, 3.05) is 5.32 Å². The van der Waals surface area contributed by atoms with Gasteiger partial charge in [0.25, 0.3) is 0 Å².